The van der Waals surface area contributed by atoms with Crippen molar-refractivity contribution >= 4 is 40.5 Å². The van der Waals surface area contributed by atoms with Gasteiger partial charge in [-0.25, -0.2) is 4.90 Å². The van der Waals surface area contributed by atoms with Crippen LogP contribution in [0.1, 0.15) is 11.1 Å². The number of nitrogens with zero attached hydrogens (tertiary/aromatic N) is 3. The molecule has 4 rings (SSSR count). The molecule has 0 radical (unpaired) electrons. The number of carbonyl (C=O) groups excluding carboxylic acids is 2. The molecule has 2 aliphatic heterocycles. The van der Waals surface area contributed by atoms with E-state index in [1.807, 2.05) is 0 Å². The van der Waals surface area contributed by atoms with E-state index in [0.29, 0.717) is 16.1 Å². The number of fused-ring (bicyclic) bond motifs is 1. The van der Waals surface area contributed by atoms with Gasteiger partial charge >= 0.3 is 5.69 Å². The standard InChI is InChI=1S/C19H14ClN3O6/c1-9-7-13(23(26)27)14(28-2)8-12(9)22-18(24)15-16(21-29-17(15)19(22)25)10-5-3-4-6-11(10)20/h3-8,15,17H,1-2H3. The number of ether oxygens (including phenoxy) is 1. The fourth-order valence-electron chi connectivity index (χ4n) is 3.52. The Kier molecular flexibility index (Phi) is 4.46. The lowest BCUT2D eigenvalue weighted by Gasteiger charge is -2.18. The van der Waals surface area contributed by atoms with E-state index in [4.69, 9.17) is 21.2 Å². The Morgan fingerprint density at radius 1 is 1.24 bits per heavy atom. The molecular formula is C19H14ClN3O6. The van der Waals surface area contributed by atoms with Gasteiger partial charge < -0.3 is 9.57 Å². The number of methoxy groups -OCH3 is 1. The third kappa shape index (κ3) is 2.82. The van der Waals surface area contributed by atoms with Gasteiger partial charge in [-0.3, -0.25) is 19.7 Å². The summed E-state index contributed by atoms with van der Waals surface area (Å²) in [7, 11) is 1.27. The number of oxime groups is 1. The molecule has 0 N–H and O–H groups in total. The van der Waals surface area contributed by atoms with Crippen molar-refractivity contribution in [1.82, 2.24) is 0 Å². The summed E-state index contributed by atoms with van der Waals surface area (Å²) >= 11 is 6.22. The van der Waals surface area contributed by atoms with Gasteiger partial charge in [-0.15, -0.1) is 0 Å². The molecule has 2 amide bonds. The number of nitro groups is 1. The molecule has 1 fully saturated rings. The number of hydrogen-bond acceptors (Lipinski definition) is 7. The highest BCUT2D eigenvalue weighted by Crippen LogP contribution is 2.40. The van der Waals surface area contributed by atoms with Crippen molar-refractivity contribution in [3.05, 3.63) is 62.7 Å². The van der Waals surface area contributed by atoms with Crippen LogP contribution in [0.15, 0.2) is 41.6 Å². The maximum absolute atomic E-state index is 13.2. The van der Waals surface area contributed by atoms with Crippen LogP contribution < -0.4 is 9.64 Å². The van der Waals surface area contributed by atoms with E-state index < -0.39 is 28.8 Å². The second-order valence-corrected chi connectivity index (χ2v) is 6.95. The number of benzene rings is 2. The molecule has 2 atom stereocenters. The van der Waals surface area contributed by atoms with Crippen molar-refractivity contribution in [3.8, 4) is 5.75 Å². The van der Waals surface area contributed by atoms with E-state index in [1.54, 1.807) is 31.2 Å². The summed E-state index contributed by atoms with van der Waals surface area (Å²) in [6.07, 6.45) is -1.12. The van der Waals surface area contributed by atoms with E-state index in [-0.39, 0.29) is 22.8 Å². The van der Waals surface area contributed by atoms with Crippen LogP contribution >= 0.6 is 11.6 Å². The van der Waals surface area contributed by atoms with Crippen LogP contribution in [0, 0.1) is 23.0 Å². The molecule has 0 aromatic heterocycles. The number of hydrogen-bond donors (Lipinski definition) is 0. The molecule has 148 valence electrons. The molecule has 29 heavy (non-hydrogen) atoms. The lowest BCUT2D eigenvalue weighted by atomic mass is 9.94. The minimum atomic E-state index is -1.12. The molecule has 0 saturated carbocycles. The van der Waals surface area contributed by atoms with Crippen molar-refractivity contribution in [2.45, 2.75) is 13.0 Å². The first-order chi connectivity index (χ1) is 13.8. The van der Waals surface area contributed by atoms with Crippen molar-refractivity contribution in [2.24, 2.45) is 11.1 Å². The van der Waals surface area contributed by atoms with Gasteiger partial charge in [0.2, 0.25) is 12.0 Å². The van der Waals surface area contributed by atoms with Crippen molar-refractivity contribution in [3.63, 3.8) is 0 Å². The predicted octanol–water partition coefficient (Wildman–Crippen LogP) is 2.86. The molecular weight excluding hydrogens is 402 g/mol. The second kappa shape index (κ2) is 6.85. The summed E-state index contributed by atoms with van der Waals surface area (Å²) in [6.45, 7) is 1.57. The summed E-state index contributed by atoms with van der Waals surface area (Å²) in [5.41, 5.74) is 1.08. The second-order valence-electron chi connectivity index (χ2n) is 6.54. The average molecular weight is 416 g/mol. The number of rotatable bonds is 4. The van der Waals surface area contributed by atoms with Crippen LogP contribution in [0.3, 0.4) is 0 Å². The largest absolute Gasteiger partial charge is 0.490 e. The third-order valence-electron chi connectivity index (χ3n) is 4.90. The van der Waals surface area contributed by atoms with Gasteiger partial charge in [0.1, 0.15) is 11.6 Å². The third-order valence-corrected chi connectivity index (χ3v) is 5.23. The van der Waals surface area contributed by atoms with E-state index in [2.05, 4.69) is 5.16 Å². The van der Waals surface area contributed by atoms with Crippen LogP contribution in [0.4, 0.5) is 11.4 Å². The average Bonchev–Trinajstić information content (AvgIpc) is 3.23. The normalized spacial score (nSPS) is 20.4. The van der Waals surface area contributed by atoms with Gasteiger partial charge in [0.15, 0.2) is 5.75 Å². The monoisotopic (exact) mass is 415 g/mol. The van der Waals surface area contributed by atoms with E-state index in [9.17, 15) is 19.7 Å². The highest BCUT2D eigenvalue weighted by Gasteiger charge is 2.56. The SMILES string of the molecule is COc1cc(N2C(=O)C3ON=C(c4ccccc4Cl)C3C2=O)c(C)cc1[N+](=O)[O-]. The topological polar surface area (TPSA) is 111 Å². The van der Waals surface area contributed by atoms with Crippen LogP contribution in [0.2, 0.25) is 5.02 Å². The smallest absolute Gasteiger partial charge is 0.311 e. The lowest BCUT2D eigenvalue weighted by molar-refractivity contribution is -0.385. The number of anilines is 1. The maximum atomic E-state index is 13.2. The number of halogens is 1. The molecule has 2 aromatic rings. The van der Waals surface area contributed by atoms with Gasteiger partial charge in [-0.2, -0.15) is 0 Å². The summed E-state index contributed by atoms with van der Waals surface area (Å²) in [5, 5.41) is 15.5. The van der Waals surface area contributed by atoms with E-state index in [1.165, 1.54) is 19.2 Å². The van der Waals surface area contributed by atoms with Crippen LogP contribution in [0.25, 0.3) is 0 Å². The molecule has 0 bridgehead atoms. The number of imide groups is 1. The molecule has 10 heteroatoms. The zero-order valence-corrected chi connectivity index (χ0v) is 16.0. The zero-order chi connectivity index (χ0) is 20.9. The molecule has 2 aliphatic rings. The van der Waals surface area contributed by atoms with Crippen molar-refractivity contribution in [1.29, 1.82) is 0 Å². The predicted molar refractivity (Wildman–Crippen MR) is 103 cm³/mol. The number of nitro benzene ring substituents is 1. The summed E-state index contributed by atoms with van der Waals surface area (Å²) in [5.74, 6) is -2.17. The minimum absolute atomic E-state index is 0.0610. The number of carbonyl (C=O) groups is 2. The maximum Gasteiger partial charge on any atom is 0.311 e. The summed E-state index contributed by atoms with van der Waals surface area (Å²) in [6, 6.07) is 9.37. The Hall–Kier alpha value is -3.46. The first kappa shape index (κ1) is 18.9. The first-order valence-corrected chi connectivity index (χ1v) is 8.92. The fraction of sp³-hybridized carbons (Fsp3) is 0.211. The molecule has 1 saturated heterocycles. The van der Waals surface area contributed by atoms with Crippen LogP contribution in [0.5, 0.6) is 5.75 Å². The molecule has 9 nitrogen and oxygen atoms in total. The molecule has 0 spiro atoms. The van der Waals surface area contributed by atoms with Crippen LogP contribution in [-0.4, -0.2) is 35.7 Å². The summed E-state index contributed by atoms with van der Waals surface area (Å²) < 4.78 is 5.07. The van der Waals surface area contributed by atoms with Gasteiger partial charge in [-0.05, 0) is 18.6 Å². The van der Waals surface area contributed by atoms with Crippen molar-refractivity contribution in [2.75, 3.05) is 12.0 Å². The number of aryl methyl sites for hydroxylation is 1. The van der Waals surface area contributed by atoms with E-state index >= 15 is 0 Å². The Balaban J connectivity index is 1.77. The highest BCUT2D eigenvalue weighted by atomic mass is 35.5. The zero-order valence-electron chi connectivity index (χ0n) is 15.3. The highest BCUT2D eigenvalue weighted by molar-refractivity contribution is 6.38. The Morgan fingerprint density at radius 2 is 1.97 bits per heavy atom. The van der Waals surface area contributed by atoms with Gasteiger partial charge in [0.05, 0.1) is 17.7 Å². The lowest BCUT2D eigenvalue weighted by Crippen LogP contribution is -2.33. The Bertz CT molecular complexity index is 1100. The Morgan fingerprint density at radius 3 is 2.62 bits per heavy atom. The molecule has 0 aliphatic carbocycles. The fourth-order valence-corrected chi connectivity index (χ4v) is 3.75. The minimum Gasteiger partial charge on any atom is -0.490 e. The van der Waals surface area contributed by atoms with Gasteiger partial charge in [-0.1, -0.05) is 35.0 Å². The van der Waals surface area contributed by atoms with Crippen LogP contribution in [-0.2, 0) is 14.4 Å². The molecule has 2 aromatic carbocycles. The van der Waals surface area contributed by atoms with Gasteiger partial charge in [0, 0.05) is 22.7 Å². The van der Waals surface area contributed by atoms with Gasteiger partial charge in [0.25, 0.3) is 5.91 Å². The van der Waals surface area contributed by atoms with E-state index in [0.717, 1.165) is 4.90 Å². The molecule has 2 heterocycles. The quantitative estimate of drug-likeness (QED) is 0.431. The summed E-state index contributed by atoms with van der Waals surface area (Å²) in [4.78, 5) is 43.0. The molecule has 2 unspecified atom stereocenters. The Labute approximate surface area is 169 Å². The van der Waals surface area contributed by atoms with Crippen molar-refractivity contribution < 1.29 is 24.1 Å². The number of amides is 2. The first-order valence-electron chi connectivity index (χ1n) is 8.54.